The fourth-order valence-electron chi connectivity index (χ4n) is 4.16. The summed E-state index contributed by atoms with van der Waals surface area (Å²) in [5, 5.41) is 0. The third-order valence-corrected chi connectivity index (χ3v) is 5.72. The molecule has 5 heteroatoms. The molecule has 0 saturated heterocycles. The van der Waals surface area contributed by atoms with Gasteiger partial charge in [0.15, 0.2) is 0 Å². The number of benzene rings is 4. The van der Waals surface area contributed by atoms with Crippen LogP contribution >= 0.6 is 40.7 Å². The fourth-order valence-corrected chi connectivity index (χ4v) is 4.16. The summed E-state index contributed by atoms with van der Waals surface area (Å²) in [6.45, 7) is 0. The van der Waals surface area contributed by atoms with Crippen LogP contribution in [0.3, 0.4) is 0 Å². The van der Waals surface area contributed by atoms with Crippen LogP contribution in [0.2, 0.25) is 0 Å². The van der Waals surface area contributed by atoms with E-state index in [1.165, 1.54) is 41.8 Å². The van der Waals surface area contributed by atoms with Gasteiger partial charge in [0.2, 0.25) is 0 Å². The Hall–Kier alpha value is -2.32. The van der Waals surface area contributed by atoms with Gasteiger partial charge in [0.05, 0.1) is 5.69 Å². The minimum absolute atomic E-state index is 0.181. The number of hydrogen-bond acceptors (Lipinski definition) is 2. The number of aromatic nitrogens is 1. The number of aliphatic imine (C=N–C) groups is 1. The molecule has 36 heavy (non-hydrogen) atoms. The first-order chi connectivity index (χ1) is 17.8. The van der Waals surface area contributed by atoms with Crippen molar-refractivity contribution in [3.63, 3.8) is 0 Å². The molecule has 1 heterocycles. The first-order valence-corrected chi connectivity index (χ1v) is 18.5. The molecule has 4 aromatic carbocycles. The Morgan fingerprint density at radius 3 is 1.50 bits per heavy atom. The molecule has 0 spiro atoms. The SMILES string of the molecule is C(=NC(c1ccccc1-c1ccccc1)c1ccccc1-c1ccccc1)c1ccccn1.[I][Fe][I]. The molecule has 0 atom stereocenters. The molecule has 1 aromatic heterocycles. The third kappa shape index (κ3) is 7.13. The molecule has 0 fully saturated rings. The quantitative estimate of drug-likeness (QED) is 0.0971. The summed E-state index contributed by atoms with van der Waals surface area (Å²) in [7, 11) is 1.19. The number of nitrogens with zero attached hydrogens (tertiary/aromatic N) is 2. The second kappa shape index (κ2) is 14.4. The molecular formula is C31H24FeI2N2. The Balaban J connectivity index is 0.000000967. The molecular weight excluding hydrogens is 710 g/mol. The van der Waals surface area contributed by atoms with Gasteiger partial charge in [0, 0.05) is 12.4 Å². The number of pyridine rings is 1. The summed E-state index contributed by atoms with van der Waals surface area (Å²) < 4.78 is 0. The summed E-state index contributed by atoms with van der Waals surface area (Å²) in [4.78, 5) is 9.57. The van der Waals surface area contributed by atoms with Gasteiger partial charge in [-0.25, -0.2) is 0 Å². The summed E-state index contributed by atoms with van der Waals surface area (Å²) in [5.41, 5.74) is 7.91. The minimum atomic E-state index is -0.181. The van der Waals surface area contributed by atoms with Crippen LogP contribution in [-0.4, -0.2) is 11.2 Å². The van der Waals surface area contributed by atoms with Gasteiger partial charge in [-0.05, 0) is 45.5 Å². The van der Waals surface area contributed by atoms with Gasteiger partial charge < -0.3 is 0 Å². The third-order valence-electron chi connectivity index (χ3n) is 5.72. The Bertz CT molecular complexity index is 1290. The second-order valence-corrected chi connectivity index (χ2v) is 17.2. The summed E-state index contributed by atoms with van der Waals surface area (Å²) in [6.07, 6.45) is 3.68. The molecule has 5 rings (SSSR count). The topological polar surface area (TPSA) is 25.2 Å². The predicted octanol–water partition coefficient (Wildman–Crippen LogP) is 9.39. The van der Waals surface area contributed by atoms with E-state index in [0.29, 0.717) is 0 Å². The molecule has 0 aliphatic carbocycles. The van der Waals surface area contributed by atoms with Crippen molar-refractivity contribution >= 4 is 46.9 Å². The standard InChI is InChI=1S/C31H24N2.Fe.2HI/c1-3-13-24(14-4-1)27-18-7-9-20-29(27)31(33-23-26-17-11-12-22-32-26)30-21-10-8-19-28(30)25-15-5-2-6-16-25;;;/h1-23,31H;;2*1H/q;+2;;/p-2. The van der Waals surface area contributed by atoms with Gasteiger partial charge in [-0.15, -0.1) is 0 Å². The average molecular weight is 734 g/mol. The number of rotatable bonds is 6. The van der Waals surface area contributed by atoms with E-state index in [9.17, 15) is 0 Å². The molecule has 180 valence electrons. The first-order valence-electron chi connectivity index (χ1n) is 11.4. The normalized spacial score (nSPS) is 10.9. The molecule has 0 bridgehead atoms. The molecule has 0 radical (unpaired) electrons. The van der Waals surface area contributed by atoms with Crippen LogP contribution in [0.1, 0.15) is 22.9 Å². The molecule has 0 aliphatic rings. The van der Waals surface area contributed by atoms with Crippen LogP contribution in [0.5, 0.6) is 0 Å². The maximum atomic E-state index is 5.12. The fraction of sp³-hybridized carbons (Fsp3) is 0.0323. The summed E-state index contributed by atoms with van der Waals surface area (Å²) in [6, 6.07) is 43.8. The van der Waals surface area contributed by atoms with Gasteiger partial charge in [0.1, 0.15) is 6.04 Å². The molecule has 0 aliphatic heterocycles. The number of halogens is 2. The van der Waals surface area contributed by atoms with E-state index in [-0.39, 0.29) is 6.04 Å². The van der Waals surface area contributed by atoms with Crippen LogP contribution in [0, 0.1) is 0 Å². The molecule has 0 unspecified atom stereocenters. The van der Waals surface area contributed by atoms with Gasteiger partial charge in [-0.2, -0.15) is 0 Å². The average Bonchev–Trinajstić information content (AvgIpc) is 2.96. The van der Waals surface area contributed by atoms with Gasteiger partial charge in [-0.3, -0.25) is 9.98 Å². The van der Waals surface area contributed by atoms with Crippen LogP contribution in [0.25, 0.3) is 22.3 Å². The van der Waals surface area contributed by atoms with Crippen molar-refractivity contribution < 1.29 is 8.46 Å². The number of hydrogen-bond donors (Lipinski definition) is 0. The Morgan fingerprint density at radius 2 is 1.03 bits per heavy atom. The molecule has 5 aromatic rings. The monoisotopic (exact) mass is 734 g/mol. The van der Waals surface area contributed by atoms with E-state index < -0.39 is 0 Å². The van der Waals surface area contributed by atoms with Crippen LogP contribution in [-0.2, 0) is 8.46 Å². The van der Waals surface area contributed by atoms with Crippen molar-refractivity contribution in [2.45, 2.75) is 6.04 Å². The van der Waals surface area contributed by atoms with Crippen molar-refractivity contribution in [2.75, 3.05) is 0 Å². The van der Waals surface area contributed by atoms with E-state index in [1.807, 2.05) is 36.5 Å². The Labute approximate surface area is 242 Å². The van der Waals surface area contributed by atoms with Crippen molar-refractivity contribution in [3.05, 3.63) is 150 Å². The van der Waals surface area contributed by atoms with E-state index in [0.717, 1.165) is 5.69 Å². The molecule has 0 amide bonds. The summed E-state index contributed by atoms with van der Waals surface area (Å²) >= 11 is 4.55. The maximum absolute atomic E-state index is 5.12. The van der Waals surface area contributed by atoms with Crippen molar-refractivity contribution in [1.29, 1.82) is 0 Å². The second-order valence-electron chi connectivity index (χ2n) is 7.89. The molecule has 0 saturated carbocycles. The van der Waals surface area contributed by atoms with Gasteiger partial charge in [0.25, 0.3) is 0 Å². The van der Waals surface area contributed by atoms with Gasteiger partial charge >= 0.3 is 49.1 Å². The zero-order valence-corrected chi connectivity index (χ0v) is 24.8. The van der Waals surface area contributed by atoms with Gasteiger partial charge in [-0.1, -0.05) is 115 Å². The molecule has 2 nitrogen and oxygen atoms in total. The van der Waals surface area contributed by atoms with Crippen molar-refractivity contribution in [1.82, 2.24) is 4.98 Å². The van der Waals surface area contributed by atoms with E-state index in [4.69, 9.17) is 4.99 Å². The molecule has 0 N–H and O–H groups in total. The van der Waals surface area contributed by atoms with Crippen LogP contribution < -0.4 is 0 Å². The first kappa shape index (κ1) is 26.7. The Morgan fingerprint density at radius 1 is 0.583 bits per heavy atom. The predicted molar refractivity (Wildman–Crippen MR) is 165 cm³/mol. The zero-order chi connectivity index (χ0) is 25.0. The zero-order valence-electron chi connectivity index (χ0n) is 19.4. The van der Waals surface area contributed by atoms with Crippen molar-refractivity contribution in [3.8, 4) is 22.3 Å². The van der Waals surface area contributed by atoms with E-state index in [1.54, 1.807) is 6.20 Å². The summed E-state index contributed by atoms with van der Waals surface area (Å²) in [5.74, 6) is 0. The van der Waals surface area contributed by atoms with E-state index >= 15 is 0 Å². The van der Waals surface area contributed by atoms with E-state index in [2.05, 4.69) is 143 Å². The Kier molecular flexibility index (Phi) is 10.7. The van der Waals surface area contributed by atoms with Crippen molar-refractivity contribution in [2.24, 2.45) is 4.99 Å². The van der Waals surface area contributed by atoms with Crippen LogP contribution in [0.4, 0.5) is 0 Å². The van der Waals surface area contributed by atoms with Crippen LogP contribution in [0.15, 0.2) is 139 Å².